The van der Waals surface area contributed by atoms with Crippen molar-refractivity contribution >= 4 is 27.7 Å². The Morgan fingerprint density at radius 1 is 1.17 bits per heavy atom. The summed E-state index contributed by atoms with van der Waals surface area (Å²) in [5.74, 6) is -0.745. The van der Waals surface area contributed by atoms with Crippen LogP contribution >= 0.6 is 15.9 Å². The van der Waals surface area contributed by atoms with E-state index < -0.39 is 11.9 Å². The van der Waals surface area contributed by atoms with Crippen LogP contribution in [-0.4, -0.2) is 31.6 Å². The van der Waals surface area contributed by atoms with Gasteiger partial charge in [-0.3, -0.25) is 4.79 Å². The first kappa shape index (κ1) is 22.8. The van der Waals surface area contributed by atoms with Crippen molar-refractivity contribution < 1.29 is 19.1 Å². The number of ether oxygens (including phenoxy) is 2. The lowest BCUT2D eigenvalue weighted by Crippen LogP contribution is -2.38. The van der Waals surface area contributed by atoms with E-state index in [2.05, 4.69) is 35.1 Å². The van der Waals surface area contributed by atoms with E-state index in [4.69, 9.17) is 9.47 Å². The van der Waals surface area contributed by atoms with E-state index in [1.165, 1.54) is 0 Å². The number of allylic oxidation sites excluding steroid dienone is 3. The van der Waals surface area contributed by atoms with E-state index in [0.717, 1.165) is 34.3 Å². The molecule has 0 fully saturated rings. The van der Waals surface area contributed by atoms with Crippen LogP contribution in [0, 0.1) is 5.41 Å². The predicted octanol–water partition coefficient (Wildman–Crippen LogP) is 5.02. The molecule has 3 rings (SSSR count). The summed E-state index contributed by atoms with van der Waals surface area (Å²) in [5, 5.41) is 3.35. The normalized spacial score (nSPS) is 20.7. The molecule has 1 atom stereocenters. The van der Waals surface area contributed by atoms with Crippen molar-refractivity contribution in [1.29, 1.82) is 0 Å². The minimum atomic E-state index is -0.429. The molecule has 0 saturated heterocycles. The second-order valence-corrected chi connectivity index (χ2v) is 9.65. The number of hydrogen-bond donors (Lipinski definition) is 1. The van der Waals surface area contributed by atoms with Gasteiger partial charge in [0.15, 0.2) is 5.78 Å². The molecule has 162 valence electrons. The fraction of sp³-hybridized carbons (Fsp3) is 0.500. The third-order valence-electron chi connectivity index (χ3n) is 5.47. The van der Waals surface area contributed by atoms with Crippen molar-refractivity contribution in [2.45, 2.75) is 52.9 Å². The van der Waals surface area contributed by atoms with Crippen molar-refractivity contribution in [3.63, 3.8) is 0 Å². The maximum atomic E-state index is 13.2. The lowest BCUT2D eigenvalue weighted by Gasteiger charge is -2.39. The minimum absolute atomic E-state index is 0.0887. The molecule has 30 heavy (non-hydrogen) atoms. The van der Waals surface area contributed by atoms with Crippen molar-refractivity contribution in [2.75, 3.05) is 19.8 Å². The number of nitrogens with one attached hydrogen (secondary N) is 1. The fourth-order valence-corrected chi connectivity index (χ4v) is 4.48. The summed E-state index contributed by atoms with van der Waals surface area (Å²) in [6.45, 7) is 9.31. The van der Waals surface area contributed by atoms with Crippen LogP contribution in [0.25, 0.3) is 0 Å². The van der Waals surface area contributed by atoms with Crippen molar-refractivity contribution in [3.8, 4) is 0 Å². The van der Waals surface area contributed by atoms with Gasteiger partial charge in [0.05, 0.1) is 12.2 Å². The van der Waals surface area contributed by atoms with Gasteiger partial charge in [0, 0.05) is 40.4 Å². The first-order chi connectivity index (χ1) is 14.2. The lowest BCUT2D eigenvalue weighted by molar-refractivity contribution is -0.141. The molecule has 1 aliphatic carbocycles. The molecule has 6 heteroatoms. The first-order valence-corrected chi connectivity index (χ1v) is 11.3. The SMILES string of the molecule is CCCOCCOC(=O)C1=C(C)NC2=C(C(=O)CC(C)(C)C2)[C@@H]1c1ccc(Br)cc1. The summed E-state index contributed by atoms with van der Waals surface area (Å²) in [4.78, 5) is 26.3. The Morgan fingerprint density at radius 3 is 2.53 bits per heavy atom. The number of Topliss-reactive ketones (excluding diaryl/α,β-unsaturated/α-hetero) is 1. The Labute approximate surface area is 187 Å². The Kier molecular flexibility index (Phi) is 7.19. The smallest absolute Gasteiger partial charge is 0.336 e. The highest BCUT2D eigenvalue weighted by Gasteiger charge is 2.43. The number of esters is 1. The number of halogens is 1. The quantitative estimate of drug-likeness (QED) is 0.442. The summed E-state index contributed by atoms with van der Waals surface area (Å²) in [6.07, 6.45) is 2.15. The Morgan fingerprint density at radius 2 is 1.87 bits per heavy atom. The van der Waals surface area contributed by atoms with Gasteiger partial charge >= 0.3 is 5.97 Å². The number of hydrogen-bond acceptors (Lipinski definition) is 5. The molecule has 0 bridgehead atoms. The average Bonchev–Trinajstić information content (AvgIpc) is 2.66. The van der Waals surface area contributed by atoms with E-state index in [9.17, 15) is 9.59 Å². The highest BCUT2D eigenvalue weighted by Crippen LogP contribution is 2.46. The topological polar surface area (TPSA) is 64.6 Å². The molecule has 0 aromatic heterocycles. The van der Waals surface area contributed by atoms with Crippen molar-refractivity contribution in [3.05, 3.63) is 56.8 Å². The Hall–Kier alpha value is -1.92. The number of dihydropyridines is 1. The maximum absolute atomic E-state index is 13.2. The van der Waals surface area contributed by atoms with Gasteiger partial charge in [0.25, 0.3) is 0 Å². The molecule has 1 aromatic rings. The molecule has 0 saturated carbocycles. The molecule has 1 aliphatic heterocycles. The molecule has 1 heterocycles. The molecule has 2 aliphatic rings. The molecule has 1 N–H and O–H groups in total. The van der Waals surface area contributed by atoms with E-state index in [1.54, 1.807) is 0 Å². The van der Waals surface area contributed by atoms with Crippen LogP contribution in [0.5, 0.6) is 0 Å². The monoisotopic (exact) mass is 475 g/mol. The average molecular weight is 476 g/mol. The van der Waals surface area contributed by atoms with Gasteiger partial charge in [-0.15, -0.1) is 0 Å². The summed E-state index contributed by atoms with van der Waals surface area (Å²) in [6, 6.07) is 7.79. The highest BCUT2D eigenvalue weighted by molar-refractivity contribution is 9.10. The molecular formula is C24H30BrNO4. The molecule has 0 amide bonds. The lowest BCUT2D eigenvalue weighted by atomic mass is 9.68. The standard InChI is InChI=1S/C24H30BrNO4/c1-5-10-29-11-12-30-23(28)20-15(2)26-18-13-24(3,4)14-19(27)22(18)21(20)16-6-8-17(25)9-7-16/h6-9,21,26H,5,10-14H2,1-4H3/t21-/m1/s1. The number of carbonyl (C=O) groups is 2. The summed E-state index contributed by atoms with van der Waals surface area (Å²) in [7, 11) is 0. The second kappa shape index (κ2) is 9.48. The van der Waals surface area contributed by atoms with E-state index in [1.807, 2.05) is 38.1 Å². The molecule has 0 radical (unpaired) electrons. The molecular weight excluding hydrogens is 446 g/mol. The van der Waals surface area contributed by atoms with Crippen LogP contribution in [0.15, 0.2) is 51.3 Å². The van der Waals surface area contributed by atoms with Crippen LogP contribution < -0.4 is 5.32 Å². The Balaban J connectivity index is 1.95. The van der Waals surface area contributed by atoms with Gasteiger partial charge in [-0.05, 0) is 42.9 Å². The maximum Gasteiger partial charge on any atom is 0.336 e. The van der Waals surface area contributed by atoms with Crippen LogP contribution in [0.3, 0.4) is 0 Å². The first-order valence-electron chi connectivity index (χ1n) is 10.5. The number of benzene rings is 1. The van der Waals surface area contributed by atoms with Crippen LogP contribution in [0.4, 0.5) is 0 Å². The zero-order chi connectivity index (χ0) is 21.9. The molecule has 5 nitrogen and oxygen atoms in total. The van der Waals surface area contributed by atoms with E-state index in [0.29, 0.717) is 30.8 Å². The van der Waals surface area contributed by atoms with Gasteiger partial charge in [-0.25, -0.2) is 4.79 Å². The molecule has 1 aromatic carbocycles. The van der Waals surface area contributed by atoms with Gasteiger partial charge in [-0.2, -0.15) is 0 Å². The number of carbonyl (C=O) groups excluding carboxylic acids is 2. The summed E-state index contributed by atoms with van der Waals surface area (Å²) >= 11 is 3.47. The highest BCUT2D eigenvalue weighted by atomic mass is 79.9. The van der Waals surface area contributed by atoms with Gasteiger partial charge < -0.3 is 14.8 Å². The largest absolute Gasteiger partial charge is 0.460 e. The zero-order valence-electron chi connectivity index (χ0n) is 18.1. The minimum Gasteiger partial charge on any atom is -0.460 e. The van der Waals surface area contributed by atoms with Gasteiger partial charge in [0.1, 0.15) is 6.61 Å². The third-order valence-corrected chi connectivity index (χ3v) is 6.00. The van der Waals surface area contributed by atoms with E-state index >= 15 is 0 Å². The van der Waals surface area contributed by atoms with Gasteiger partial charge in [-0.1, -0.05) is 48.8 Å². The predicted molar refractivity (Wildman–Crippen MR) is 120 cm³/mol. The molecule has 0 spiro atoms. The third kappa shape index (κ3) is 5.03. The van der Waals surface area contributed by atoms with Crippen LogP contribution in [0.1, 0.15) is 58.4 Å². The number of ketones is 1. The van der Waals surface area contributed by atoms with E-state index in [-0.39, 0.29) is 17.8 Å². The van der Waals surface area contributed by atoms with Crippen LogP contribution in [0.2, 0.25) is 0 Å². The zero-order valence-corrected chi connectivity index (χ0v) is 19.7. The van der Waals surface area contributed by atoms with Crippen molar-refractivity contribution in [2.24, 2.45) is 5.41 Å². The fourth-order valence-electron chi connectivity index (χ4n) is 4.21. The van der Waals surface area contributed by atoms with Crippen molar-refractivity contribution in [1.82, 2.24) is 5.32 Å². The van der Waals surface area contributed by atoms with Gasteiger partial charge in [0.2, 0.25) is 0 Å². The molecule has 0 unspecified atom stereocenters. The summed E-state index contributed by atoms with van der Waals surface area (Å²) < 4.78 is 11.9. The Bertz CT molecular complexity index is 883. The summed E-state index contributed by atoms with van der Waals surface area (Å²) in [5.41, 5.74) is 3.66. The second-order valence-electron chi connectivity index (χ2n) is 8.73. The number of rotatable bonds is 7. The van der Waals surface area contributed by atoms with Crippen LogP contribution in [-0.2, 0) is 19.1 Å².